The van der Waals surface area contributed by atoms with Crippen molar-refractivity contribution in [3.63, 3.8) is 0 Å². The fourth-order valence-corrected chi connectivity index (χ4v) is 5.27. The van der Waals surface area contributed by atoms with E-state index in [1.54, 1.807) is 18.2 Å². The van der Waals surface area contributed by atoms with Crippen molar-refractivity contribution in [2.75, 3.05) is 11.4 Å². The zero-order valence-corrected chi connectivity index (χ0v) is 17.3. The number of amides is 1. The number of carbonyl (C=O) groups excluding carboxylic acids is 1. The zero-order valence-electron chi connectivity index (χ0n) is 16.5. The van der Waals surface area contributed by atoms with Gasteiger partial charge < -0.3 is 4.90 Å². The van der Waals surface area contributed by atoms with E-state index in [1.165, 1.54) is 0 Å². The molecule has 1 aliphatic carbocycles. The van der Waals surface area contributed by atoms with Crippen LogP contribution in [-0.2, 0) is 21.2 Å². The van der Waals surface area contributed by atoms with Gasteiger partial charge in [0.2, 0.25) is 15.9 Å². The third kappa shape index (κ3) is 3.59. The molecule has 1 N–H and O–H groups in total. The molecule has 1 fully saturated rings. The van der Waals surface area contributed by atoms with Crippen molar-refractivity contribution in [3.8, 4) is 0 Å². The molecule has 2 aromatic rings. The number of anilines is 1. The summed E-state index contributed by atoms with van der Waals surface area (Å²) in [6, 6.07) is 10.8. The Morgan fingerprint density at radius 1 is 1.14 bits per heavy atom. The molecule has 0 unspecified atom stereocenters. The summed E-state index contributed by atoms with van der Waals surface area (Å²) in [4.78, 5) is 14.5. The van der Waals surface area contributed by atoms with Gasteiger partial charge in [0.15, 0.2) is 0 Å². The maximum Gasteiger partial charge on any atom is 0.241 e. The number of nitrogens with one attached hydrogen (secondary N) is 1. The number of benzene rings is 2. The van der Waals surface area contributed by atoms with Crippen LogP contribution >= 0.6 is 0 Å². The van der Waals surface area contributed by atoms with Gasteiger partial charge in [0.25, 0.3) is 0 Å². The lowest BCUT2D eigenvalue weighted by molar-refractivity contribution is -0.119. The largest absolute Gasteiger partial charge is 0.312 e. The summed E-state index contributed by atoms with van der Waals surface area (Å²) in [5, 5.41) is 0. The van der Waals surface area contributed by atoms with Gasteiger partial charge in [-0.05, 0) is 74.9 Å². The Labute approximate surface area is 166 Å². The summed E-state index contributed by atoms with van der Waals surface area (Å²) in [7, 11) is -3.65. The zero-order chi connectivity index (χ0) is 20.1. The molecule has 0 spiro atoms. The van der Waals surface area contributed by atoms with E-state index in [1.807, 2.05) is 37.8 Å². The maximum atomic E-state index is 12.9. The molecule has 4 rings (SSSR count). The molecule has 28 heavy (non-hydrogen) atoms. The smallest absolute Gasteiger partial charge is 0.241 e. The van der Waals surface area contributed by atoms with Gasteiger partial charge >= 0.3 is 0 Å². The second-order valence-electron chi connectivity index (χ2n) is 8.01. The monoisotopic (exact) mass is 398 g/mol. The molecule has 0 bridgehead atoms. The van der Waals surface area contributed by atoms with Gasteiger partial charge in [-0.15, -0.1) is 0 Å². The fourth-order valence-electron chi connectivity index (χ4n) is 4.00. The molecule has 2 aliphatic rings. The van der Waals surface area contributed by atoms with E-state index < -0.39 is 10.0 Å². The third-order valence-corrected chi connectivity index (χ3v) is 7.21. The van der Waals surface area contributed by atoms with Crippen LogP contribution < -0.4 is 9.62 Å². The predicted octanol–water partition coefficient (Wildman–Crippen LogP) is 3.64. The summed E-state index contributed by atoms with van der Waals surface area (Å²) in [5.74, 6) is 0.338. The summed E-state index contributed by atoms with van der Waals surface area (Å²) in [5.41, 5.74) is 4.98. The van der Waals surface area contributed by atoms with Gasteiger partial charge in [-0.3, -0.25) is 4.79 Å². The number of carbonyl (C=O) groups is 1. The van der Waals surface area contributed by atoms with Crippen LogP contribution in [0.3, 0.4) is 0 Å². The highest BCUT2D eigenvalue weighted by atomic mass is 32.2. The van der Waals surface area contributed by atoms with Crippen molar-refractivity contribution in [2.24, 2.45) is 5.92 Å². The molecule has 1 atom stereocenters. The molecule has 1 amide bonds. The second-order valence-corrected chi connectivity index (χ2v) is 9.72. The van der Waals surface area contributed by atoms with Crippen LogP contribution in [0.4, 0.5) is 5.69 Å². The molecule has 0 saturated heterocycles. The molecule has 6 heteroatoms. The fraction of sp³-hybridized carbons (Fsp3) is 0.409. The number of fused-ring (bicyclic) bond motifs is 1. The van der Waals surface area contributed by atoms with Crippen LogP contribution in [0.2, 0.25) is 0 Å². The maximum absolute atomic E-state index is 12.9. The Morgan fingerprint density at radius 3 is 2.57 bits per heavy atom. The second kappa shape index (κ2) is 7.01. The van der Waals surface area contributed by atoms with Crippen LogP contribution in [0.1, 0.15) is 48.1 Å². The molecular weight excluding hydrogens is 372 g/mol. The number of hydrogen-bond acceptors (Lipinski definition) is 3. The minimum Gasteiger partial charge on any atom is -0.312 e. The highest BCUT2D eigenvalue weighted by molar-refractivity contribution is 7.89. The first-order valence-corrected chi connectivity index (χ1v) is 11.3. The van der Waals surface area contributed by atoms with Gasteiger partial charge in [-0.2, -0.15) is 0 Å². The highest BCUT2D eigenvalue weighted by Crippen LogP contribution is 2.37. The molecule has 0 radical (unpaired) electrons. The van der Waals surface area contributed by atoms with Gasteiger partial charge in [0.05, 0.1) is 4.90 Å². The number of sulfonamides is 1. The first-order chi connectivity index (χ1) is 13.3. The van der Waals surface area contributed by atoms with Crippen molar-refractivity contribution < 1.29 is 13.2 Å². The average Bonchev–Trinajstić information content (AvgIpc) is 3.39. The first kappa shape index (κ1) is 19.2. The van der Waals surface area contributed by atoms with Gasteiger partial charge in [-0.25, -0.2) is 13.1 Å². The molecular formula is C22H26N2O3S. The molecule has 1 saturated carbocycles. The summed E-state index contributed by atoms with van der Waals surface area (Å²) >= 11 is 0. The van der Waals surface area contributed by atoms with E-state index in [-0.39, 0.29) is 22.8 Å². The normalized spacial score (nSPS) is 17.5. The molecule has 1 heterocycles. The van der Waals surface area contributed by atoms with E-state index in [0.717, 1.165) is 40.8 Å². The Balaban J connectivity index is 1.56. The minimum atomic E-state index is -3.65. The van der Waals surface area contributed by atoms with E-state index in [2.05, 4.69) is 10.8 Å². The molecule has 2 aromatic carbocycles. The number of hydrogen-bond donors (Lipinski definition) is 1. The first-order valence-electron chi connectivity index (χ1n) is 9.80. The number of rotatable bonds is 5. The highest BCUT2D eigenvalue weighted by Gasteiger charge is 2.36. The molecule has 5 nitrogen and oxygen atoms in total. The van der Waals surface area contributed by atoms with Crippen LogP contribution in [0, 0.1) is 19.8 Å². The quantitative estimate of drug-likeness (QED) is 0.836. The average molecular weight is 399 g/mol. The van der Waals surface area contributed by atoms with Crippen LogP contribution in [0.15, 0.2) is 41.3 Å². The van der Waals surface area contributed by atoms with E-state index in [9.17, 15) is 13.2 Å². The Morgan fingerprint density at radius 2 is 1.89 bits per heavy atom. The standard InChI is InChI=1S/C22H26N2O3S/c1-14-4-8-20(15(2)12-14)16(3)23-28(26,27)19-7-9-21-18(13-19)10-11-24(21)22(25)17-5-6-17/h4,7-9,12-13,16-17,23H,5-6,10-11H2,1-3H3/t16-/m1/s1. The Bertz CT molecular complexity index is 1040. The van der Waals surface area contributed by atoms with Crippen molar-refractivity contribution in [3.05, 3.63) is 58.7 Å². The minimum absolute atomic E-state index is 0.162. The number of aryl methyl sites for hydroxylation is 2. The molecule has 0 aromatic heterocycles. The predicted molar refractivity (Wildman–Crippen MR) is 110 cm³/mol. The Kier molecular flexibility index (Phi) is 4.79. The van der Waals surface area contributed by atoms with Crippen LogP contribution in [-0.4, -0.2) is 20.9 Å². The lowest BCUT2D eigenvalue weighted by Gasteiger charge is -2.19. The summed E-state index contributed by atoms with van der Waals surface area (Å²) in [6.07, 6.45) is 2.64. The lowest BCUT2D eigenvalue weighted by Crippen LogP contribution is -2.30. The van der Waals surface area contributed by atoms with Crippen molar-refractivity contribution >= 4 is 21.6 Å². The van der Waals surface area contributed by atoms with Crippen molar-refractivity contribution in [2.45, 2.75) is 51.0 Å². The SMILES string of the molecule is Cc1ccc([C@@H](C)NS(=O)(=O)c2ccc3c(c2)CCN3C(=O)C2CC2)c(C)c1. The summed E-state index contributed by atoms with van der Waals surface area (Å²) < 4.78 is 28.7. The summed E-state index contributed by atoms with van der Waals surface area (Å²) in [6.45, 7) is 6.51. The molecule has 1 aliphatic heterocycles. The van der Waals surface area contributed by atoms with Crippen molar-refractivity contribution in [1.29, 1.82) is 0 Å². The molecule has 148 valence electrons. The van der Waals surface area contributed by atoms with Gasteiger partial charge in [0.1, 0.15) is 0 Å². The van der Waals surface area contributed by atoms with Crippen molar-refractivity contribution in [1.82, 2.24) is 4.72 Å². The van der Waals surface area contributed by atoms with Gasteiger partial charge in [-0.1, -0.05) is 23.8 Å². The van der Waals surface area contributed by atoms with E-state index >= 15 is 0 Å². The Hall–Kier alpha value is -2.18. The topological polar surface area (TPSA) is 66.5 Å². The van der Waals surface area contributed by atoms with Gasteiger partial charge in [0, 0.05) is 24.2 Å². The van der Waals surface area contributed by atoms with Crippen LogP contribution in [0.25, 0.3) is 0 Å². The number of nitrogens with zero attached hydrogens (tertiary/aromatic N) is 1. The lowest BCUT2D eigenvalue weighted by atomic mass is 10.0. The van der Waals surface area contributed by atoms with E-state index in [0.29, 0.717) is 13.0 Å². The third-order valence-electron chi connectivity index (χ3n) is 5.67. The van der Waals surface area contributed by atoms with E-state index in [4.69, 9.17) is 0 Å². The van der Waals surface area contributed by atoms with Crippen LogP contribution in [0.5, 0.6) is 0 Å².